The van der Waals surface area contributed by atoms with E-state index in [4.69, 9.17) is 16.7 Å². The van der Waals surface area contributed by atoms with Crippen LogP contribution in [-0.2, 0) is 0 Å². The number of nitrogens with one attached hydrogen (secondary N) is 1. The normalized spacial score (nSPS) is 10.4. The molecule has 0 aliphatic heterocycles. The predicted octanol–water partition coefficient (Wildman–Crippen LogP) is 4.82. The van der Waals surface area contributed by atoms with E-state index in [1.165, 1.54) is 6.07 Å². The van der Waals surface area contributed by atoms with Gasteiger partial charge < -0.3 is 10.4 Å². The Balaban J connectivity index is 2.38. The molecule has 7 heteroatoms. The van der Waals surface area contributed by atoms with Crippen LogP contribution in [0, 0.1) is 11.6 Å². The van der Waals surface area contributed by atoms with E-state index in [0.29, 0.717) is 15.2 Å². The molecule has 104 valence electrons. The third-order valence-electron chi connectivity index (χ3n) is 2.48. The van der Waals surface area contributed by atoms with Crippen LogP contribution in [0.25, 0.3) is 0 Å². The first kappa shape index (κ1) is 14.7. The van der Waals surface area contributed by atoms with Gasteiger partial charge in [0.2, 0.25) is 0 Å². The molecule has 0 saturated heterocycles. The summed E-state index contributed by atoms with van der Waals surface area (Å²) in [6.45, 7) is 0. The van der Waals surface area contributed by atoms with Gasteiger partial charge in [0.25, 0.3) is 0 Å². The molecule has 0 spiro atoms. The SMILES string of the molecule is O=C(O)c1cc(F)c(Nc2ccc(Cl)c(Br)c2)c(F)c1. The maximum Gasteiger partial charge on any atom is 0.335 e. The average molecular weight is 363 g/mol. The minimum atomic E-state index is -1.40. The molecule has 2 rings (SSSR count). The van der Waals surface area contributed by atoms with Crippen molar-refractivity contribution in [1.82, 2.24) is 0 Å². The van der Waals surface area contributed by atoms with Crippen LogP contribution in [0.2, 0.25) is 5.02 Å². The number of halogens is 4. The number of rotatable bonds is 3. The van der Waals surface area contributed by atoms with Crippen LogP contribution in [-0.4, -0.2) is 11.1 Å². The van der Waals surface area contributed by atoms with Crippen LogP contribution in [0.15, 0.2) is 34.8 Å². The lowest BCUT2D eigenvalue weighted by Gasteiger charge is -2.10. The molecule has 0 aliphatic rings. The zero-order chi connectivity index (χ0) is 14.9. The van der Waals surface area contributed by atoms with E-state index >= 15 is 0 Å². The fraction of sp³-hybridized carbons (Fsp3) is 0. The summed E-state index contributed by atoms with van der Waals surface area (Å²) in [5.74, 6) is -3.38. The summed E-state index contributed by atoms with van der Waals surface area (Å²) in [6.07, 6.45) is 0. The Morgan fingerprint density at radius 3 is 2.30 bits per heavy atom. The fourth-order valence-electron chi connectivity index (χ4n) is 1.53. The van der Waals surface area contributed by atoms with Crippen molar-refractivity contribution >= 4 is 44.9 Å². The lowest BCUT2D eigenvalue weighted by molar-refractivity contribution is 0.0696. The number of benzene rings is 2. The number of carbonyl (C=O) groups is 1. The van der Waals surface area contributed by atoms with Crippen LogP contribution in [0.5, 0.6) is 0 Å². The molecule has 0 aliphatic carbocycles. The first-order valence-electron chi connectivity index (χ1n) is 5.33. The first-order valence-corrected chi connectivity index (χ1v) is 6.50. The van der Waals surface area contributed by atoms with Gasteiger partial charge in [0.15, 0.2) is 11.6 Å². The van der Waals surface area contributed by atoms with E-state index in [9.17, 15) is 13.6 Å². The van der Waals surface area contributed by atoms with Crippen molar-refractivity contribution in [3.05, 3.63) is 57.0 Å². The van der Waals surface area contributed by atoms with Gasteiger partial charge in [-0.1, -0.05) is 11.6 Å². The van der Waals surface area contributed by atoms with Gasteiger partial charge in [-0.15, -0.1) is 0 Å². The monoisotopic (exact) mass is 361 g/mol. The number of hydrogen-bond acceptors (Lipinski definition) is 2. The Morgan fingerprint density at radius 2 is 1.80 bits per heavy atom. The summed E-state index contributed by atoms with van der Waals surface area (Å²) in [5.41, 5.74) is -0.478. The highest BCUT2D eigenvalue weighted by Gasteiger charge is 2.15. The number of hydrogen-bond donors (Lipinski definition) is 2. The second-order valence-electron chi connectivity index (χ2n) is 3.87. The van der Waals surface area contributed by atoms with Gasteiger partial charge in [-0.2, -0.15) is 0 Å². The molecule has 2 aromatic carbocycles. The minimum Gasteiger partial charge on any atom is -0.478 e. The van der Waals surface area contributed by atoms with Crippen LogP contribution >= 0.6 is 27.5 Å². The van der Waals surface area contributed by atoms with E-state index in [2.05, 4.69) is 21.2 Å². The van der Waals surface area contributed by atoms with E-state index in [-0.39, 0.29) is 0 Å². The van der Waals surface area contributed by atoms with Gasteiger partial charge in [-0.3, -0.25) is 0 Å². The Labute approximate surface area is 126 Å². The van der Waals surface area contributed by atoms with Crippen LogP contribution in [0.4, 0.5) is 20.2 Å². The zero-order valence-corrected chi connectivity index (χ0v) is 12.1. The molecular weight excluding hydrogens is 356 g/mol. The van der Waals surface area contributed by atoms with Crippen molar-refractivity contribution < 1.29 is 18.7 Å². The smallest absolute Gasteiger partial charge is 0.335 e. The molecule has 2 aromatic rings. The Kier molecular flexibility index (Phi) is 4.25. The third kappa shape index (κ3) is 3.08. The van der Waals surface area contributed by atoms with Gasteiger partial charge in [-0.25, -0.2) is 13.6 Å². The van der Waals surface area contributed by atoms with Gasteiger partial charge in [0.1, 0.15) is 5.69 Å². The van der Waals surface area contributed by atoms with Gasteiger partial charge >= 0.3 is 5.97 Å². The standard InChI is InChI=1S/C13H7BrClF2NO2/c14-8-5-7(1-2-9(8)15)18-12-10(16)3-6(13(19)20)4-11(12)17/h1-5,18H,(H,19,20). The summed E-state index contributed by atoms with van der Waals surface area (Å²) >= 11 is 9.00. The quantitative estimate of drug-likeness (QED) is 0.823. The summed E-state index contributed by atoms with van der Waals surface area (Å²) in [5, 5.41) is 11.7. The van der Waals surface area contributed by atoms with E-state index in [0.717, 1.165) is 12.1 Å². The van der Waals surface area contributed by atoms with E-state index in [1.54, 1.807) is 12.1 Å². The summed E-state index contributed by atoms with van der Waals surface area (Å²) < 4.78 is 28.0. The summed E-state index contributed by atoms with van der Waals surface area (Å²) in [6, 6.07) is 6.14. The van der Waals surface area contributed by atoms with E-state index in [1.807, 2.05) is 0 Å². The lowest BCUT2D eigenvalue weighted by atomic mass is 10.2. The van der Waals surface area contributed by atoms with Crippen LogP contribution in [0.1, 0.15) is 10.4 Å². The maximum atomic E-state index is 13.7. The maximum absolute atomic E-state index is 13.7. The van der Waals surface area contributed by atoms with Crippen molar-refractivity contribution in [2.45, 2.75) is 0 Å². The average Bonchev–Trinajstić information content (AvgIpc) is 2.37. The zero-order valence-electron chi connectivity index (χ0n) is 9.75. The molecule has 0 bridgehead atoms. The Hall–Kier alpha value is -1.66. The molecule has 20 heavy (non-hydrogen) atoms. The highest BCUT2D eigenvalue weighted by atomic mass is 79.9. The molecule has 0 fully saturated rings. The predicted molar refractivity (Wildman–Crippen MR) is 75.8 cm³/mol. The first-order chi connectivity index (χ1) is 9.38. The molecule has 0 heterocycles. The number of aromatic carboxylic acids is 1. The molecule has 0 radical (unpaired) electrons. The second kappa shape index (κ2) is 5.76. The van der Waals surface area contributed by atoms with Crippen molar-refractivity contribution in [2.75, 3.05) is 5.32 Å². The fourth-order valence-corrected chi connectivity index (χ4v) is 2.03. The van der Waals surface area contributed by atoms with Crippen molar-refractivity contribution in [3.63, 3.8) is 0 Å². The molecule has 0 amide bonds. The summed E-state index contributed by atoms with van der Waals surface area (Å²) in [7, 11) is 0. The number of carboxylic acid groups (broad SMARTS) is 1. The second-order valence-corrected chi connectivity index (χ2v) is 5.14. The van der Waals surface area contributed by atoms with E-state index < -0.39 is 28.9 Å². The number of anilines is 2. The van der Waals surface area contributed by atoms with Gasteiger partial charge in [0.05, 0.1) is 10.6 Å². The molecule has 0 atom stereocenters. The van der Waals surface area contributed by atoms with Gasteiger partial charge in [0, 0.05) is 10.2 Å². The highest BCUT2D eigenvalue weighted by molar-refractivity contribution is 9.10. The highest BCUT2D eigenvalue weighted by Crippen LogP contribution is 2.29. The van der Waals surface area contributed by atoms with Crippen LogP contribution in [0.3, 0.4) is 0 Å². The summed E-state index contributed by atoms with van der Waals surface area (Å²) in [4.78, 5) is 10.7. The molecule has 3 nitrogen and oxygen atoms in total. The Bertz CT molecular complexity index is 671. The van der Waals surface area contributed by atoms with Gasteiger partial charge in [-0.05, 0) is 46.3 Å². The van der Waals surface area contributed by atoms with Crippen LogP contribution < -0.4 is 5.32 Å². The molecule has 0 saturated carbocycles. The number of carboxylic acids is 1. The molecule has 0 unspecified atom stereocenters. The third-order valence-corrected chi connectivity index (χ3v) is 3.69. The Morgan fingerprint density at radius 1 is 1.20 bits per heavy atom. The van der Waals surface area contributed by atoms with Crippen molar-refractivity contribution in [3.8, 4) is 0 Å². The molecule has 0 aromatic heterocycles. The van der Waals surface area contributed by atoms with Crippen molar-refractivity contribution in [1.29, 1.82) is 0 Å². The lowest BCUT2D eigenvalue weighted by Crippen LogP contribution is -2.03. The largest absolute Gasteiger partial charge is 0.478 e. The minimum absolute atomic E-state index is 0.405. The van der Waals surface area contributed by atoms with Crippen molar-refractivity contribution in [2.24, 2.45) is 0 Å². The molecular formula is C13H7BrClF2NO2. The molecule has 2 N–H and O–H groups in total. The topological polar surface area (TPSA) is 49.3 Å².